The number of hydrogen-bond acceptors (Lipinski definition) is 5. The number of aromatic nitrogens is 2. The normalized spacial score (nSPS) is 15.4. The zero-order valence-corrected chi connectivity index (χ0v) is 17.8. The molecular weight excluding hydrogens is 431 g/mol. The number of rotatable bonds is 7. The topological polar surface area (TPSA) is 93.9 Å². The third-order valence-corrected chi connectivity index (χ3v) is 4.75. The first-order valence-electron chi connectivity index (χ1n) is 10.0. The fourth-order valence-electron chi connectivity index (χ4n) is 3.27. The molecule has 3 rings (SSSR count). The van der Waals surface area contributed by atoms with Crippen molar-refractivity contribution in [2.45, 2.75) is 32.0 Å². The number of ether oxygens (including phenoxy) is 2. The first kappa shape index (κ1) is 25.2. The van der Waals surface area contributed by atoms with Crippen molar-refractivity contribution in [1.82, 2.24) is 14.7 Å². The number of carboxylic acid groups (broad SMARTS) is 1. The van der Waals surface area contributed by atoms with Crippen LogP contribution in [0.3, 0.4) is 0 Å². The Kier molecular flexibility index (Phi) is 9.06. The maximum Gasteiger partial charge on any atom is 0.490 e. The van der Waals surface area contributed by atoms with Crippen molar-refractivity contribution in [3.05, 3.63) is 47.8 Å². The molecule has 11 heteroatoms. The minimum absolute atomic E-state index is 0.0829. The molecule has 176 valence electrons. The van der Waals surface area contributed by atoms with Gasteiger partial charge in [-0.3, -0.25) is 9.48 Å². The third-order valence-electron chi connectivity index (χ3n) is 4.75. The summed E-state index contributed by atoms with van der Waals surface area (Å²) in [5.74, 6) is -1.88. The lowest BCUT2D eigenvalue weighted by Gasteiger charge is -2.36. The minimum atomic E-state index is -5.08. The van der Waals surface area contributed by atoms with Crippen molar-refractivity contribution in [1.29, 1.82) is 0 Å². The Bertz CT molecular complexity index is 887. The number of carboxylic acids is 1. The maximum atomic E-state index is 12.8. The van der Waals surface area contributed by atoms with Crippen molar-refractivity contribution < 1.29 is 37.3 Å². The molecule has 1 amide bonds. The Hall–Kier alpha value is -3.08. The van der Waals surface area contributed by atoms with Crippen molar-refractivity contribution in [2.75, 3.05) is 26.4 Å². The maximum absolute atomic E-state index is 12.8. The van der Waals surface area contributed by atoms with Crippen molar-refractivity contribution in [3.8, 4) is 5.75 Å². The van der Waals surface area contributed by atoms with E-state index < -0.39 is 12.1 Å². The van der Waals surface area contributed by atoms with E-state index in [1.807, 2.05) is 60.1 Å². The fourth-order valence-corrected chi connectivity index (χ4v) is 3.27. The van der Waals surface area contributed by atoms with Crippen LogP contribution in [-0.4, -0.2) is 64.2 Å². The quantitative estimate of drug-likeness (QED) is 0.687. The van der Waals surface area contributed by atoms with Gasteiger partial charge < -0.3 is 19.5 Å². The summed E-state index contributed by atoms with van der Waals surface area (Å²) < 4.78 is 44.9. The van der Waals surface area contributed by atoms with Crippen molar-refractivity contribution in [3.63, 3.8) is 0 Å². The predicted octanol–water partition coefficient (Wildman–Crippen LogP) is 2.98. The van der Waals surface area contributed by atoms with E-state index in [4.69, 9.17) is 19.4 Å². The SMILES string of the molecule is CCOCC1c2c(cnn2C)CCN1C(=O)CCOc1ccccc1.O=C(O)C(F)(F)F. The summed E-state index contributed by atoms with van der Waals surface area (Å²) in [5.41, 5.74) is 2.29. The number of carbonyl (C=O) groups excluding carboxylic acids is 1. The van der Waals surface area contributed by atoms with E-state index >= 15 is 0 Å². The summed E-state index contributed by atoms with van der Waals surface area (Å²) in [6.07, 6.45) is -2.00. The summed E-state index contributed by atoms with van der Waals surface area (Å²) >= 11 is 0. The van der Waals surface area contributed by atoms with E-state index in [0.717, 1.165) is 17.9 Å². The van der Waals surface area contributed by atoms with Gasteiger partial charge in [-0.2, -0.15) is 18.3 Å². The van der Waals surface area contributed by atoms with Crippen LogP contribution in [0, 0.1) is 0 Å². The second-order valence-corrected chi connectivity index (χ2v) is 6.91. The van der Waals surface area contributed by atoms with Gasteiger partial charge in [-0.05, 0) is 31.0 Å². The highest BCUT2D eigenvalue weighted by Gasteiger charge is 2.38. The van der Waals surface area contributed by atoms with Crippen LogP contribution in [0.15, 0.2) is 36.5 Å². The molecule has 0 aliphatic carbocycles. The second kappa shape index (κ2) is 11.5. The van der Waals surface area contributed by atoms with E-state index in [1.165, 1.54) is 5.56 Å². The lowest BCUT2D eigenvalue weighted by Crippen LogP contribution is -2.43. The number of alkyl halides is 3. The van der Waals surface area contributed by atoms with Crippen LogP contribution < -0.4 is 4.74 Å². The lowest BCUT2D eigenvalue weighted by molar-refractivity contribution is -0.192. The van der Waals surface area contributed by atoms with Crippen molar-refractivity contribution >= 4 is 11.9 Å². The number of aliphatic carboxylic acids is 1. The molecule has 1 N–H and O–H groups in total. The van der Waals surface area contributed by atoms with Gasteiger partial charge in [0.25, 0.3) is 0 Å². The van der Waals surface area contributed by atoms with Crippen LogP contribution in [0.1, 0.15) is 30.6 Å². The average Bonchev–Trinajstić information content (AvgIpc) is 3.13. The standard InChI is InChI=1S/C19H25N3O3.C2HF3O2/c1-3-24-14-17-19-15(13-20-21(19)2)9-11-22(17)18(23)10-12-25-16-7-5-4-6-8-16;3-2(4,5)1(6)7/h4-8,13,17H,3,9-12,14H2,1-2H3;(H,6,7). The molecule has 0 spiro atoms. The number of halogens is 3. The summed E-state index contributed by atoms with van der Waals surface area (Å²) in [6.45, 7) is 4.16. The van der Waals surface area contributed by atoms with Crippen molar-refractivity contribution in [2.24, 2.45) is 7.05 Å². The summed E-state index contributed by atoms with van der Waals surface area (Å²) in [5, 5.41) is 11.5. The Morgan fingerprint density at radius 3 is 2.50 bits per heavy atom. The molecule has 0 saturated heterocycles. The molecule has 0 radical (unpaired) electrons. The van der Waals surface area contributed by atoms with Gasteiger partial charge in [0.1, 0.15) is 5.75 Å². The highest BCUT2D eigenvalue weighted by molar-refractivity contribution is 5.77. The van der Waals surface area contributed by atoms with Crippen LogP contribution in [-0.2, 0) is 27.8 Å². The molecule has 0 bridgehead atoms. The Morgan fingerprint density at radius 2 is 1.91 bits per heavy atom. The first-order chi connectivity index (χ1) is 15.1. The molecule has 0 saturated carbocycles. The molecule has 0 fully saturated rings. The molecule has 2 aromatic rings. The minimum Gasteiger partial charge on any atom is -0.493 e. The zero-order chi connectivity index (χ0) is 23.7. The molecule has 1 aromatic heterocycles. The molecule has 1 aromatic carbocycles. The van der Waals surface area contributed by atoms with Gasteiger partial charge in [0, 0.05) is 20.2 Å². The molecule has 32 heavy (non-hydrogen) atoms. The monoisotopic (exact) mass is 457 g/mol. The van der Waals surface area contributed by atoms with Gasteiger partial charge in [-0.15, -0.1) is 0 Å². The van der Waals surface area contributed by atoms with Gasteiger partial charge in [0.2, 0.25) is 5.91 Å². The summed E-state index contributed by atoms with van der Waals surface area (Å²) in [6, 6.07) is 9.49. The predicted molar refractivity (Wildman–Crippen MR) is 108 cm³/mol. The second-order valence-electron chi connectivity index (χ2n) is 6.91. The highest BCUT2D eigenvalue weighted by Crippen LogP contribution is 2.30. The molecule has 2 heterocycles. The van der Waals surface area contributed by atoms with E-state index in [0.29, 0.717) is 32.8 Å². The highest BCUT2D eigenvalue weighted by atomic mass is 19.4. The van der Waals surface area contributed by atoms with Crippen LogP contribution in [0.5, 0.6) is 5.75 Å². The third kappa shape index (κ3) is 6.98. The summed E-state index contributed by atoms with van der Waals surface area (Å²) in [7, 11) is 1.92. The Morgan fingerprint density at radius 1 is 1.25 bits per heavy atom. The van der Waals surface area contributed by atoms with Crippen LogP contribution in [0.4, 0.5) is 13.2 Å². The van der Waals surface area contributed by atoms with Gasteiger partial charge in [-0.1, -0.05) is 18.2 Å². The van der Waals surface area contributed by atoms with E-state index in [2.05, 4.69) is 5.10 Å². The Balaban J connectivity index is 0.000000451. The zero-order valence-electron chi connectivity index (χ0n) is 17.8. The van der Waals surface area contributed by atoms with Gasteiger partial charge in [0.15, 0.2) is 0 Å². The smallest absolute Gasteiger partial charge is 0.490 e. The molecule has 1 aliphatic rings. The first-order valence-corrected chi connectivity index (χ1v) is 10.0. The number of nitrogens with zero attached hydrogens (tertiary/aromatic N) is 3. The van der Waals surface area contributed by atoms with Gasteiger partial charge in [0.05, 0.1) is 37.6 Å². The molecule has 1 aliphatic heterocycles. The fraction of sp³-hybridized carbons (Fsp3) is 0.476. The number of fused-ring (bicyclic) bond motifs is 1. The number of benzene rings is 1. The molecule has 1 atom stereocenters. The summed E-state index contributed by atoms with van der Waals surface area (Å²) in [4.78, 5) is 23.6. The number of carbonyl (C=O) groups is 2. The average molecular weight is 457 g/mol. The Labute approximate surface area is 183 Å². The van der Waals surface area contributed by atoms with Crippen LogP contribution >= 0.6 is 0 Å². The van der Waals surface area contributed by atoms with E-state index in [1.54, 1.807) is 0 Å². The van der Waals surface area contributed by atoms with Crippen LogP contribution in [0.2, 0.25) is 0 Å². The van der Waals surface area contributed by atoms with Gasteiger partial charge in [-0.25, -0.2) is 4.79 Å². The number of aryl methyl sites for hydroxylation is 1. The van der Waals surface area contributed by atoms with E-state index in [-0.39, 0.29) is 11.9 Å². The molecule has 8 nitrogen and oxygen atoms in total. The van der Waals surface area contributed by atoms with E-state index in [9.17, 15) is 18.0 Å². The molecule has 1 unspecified atom stereocenters. The van der Waals surface area contributed by atoms with Crippen LogP contribution in [0.25, 0.3) is 0 Å². The largest absolute Gasteiger partial charge is 0.493 e. The number of para-hydroxylation sites is 1. The molecular formula is C21H26F3N3O5. The van der Waals surface area contributed by atoms with Gasteiger partial charge >= 0.3 is 12.1 Å². The lowest BCUT2D eigenvalue weighted by atomic mass is 9.99. The number of hydrogen-bond donors (Lipinski definition) is 1. The number of amides is 1.